The molecule has 0 spiro atoms. The van der Waals surface area contributed by atoms with E-state index in [-0.39, 0.29) is 36.1 Å². The number of rotatable bonds is 4. The molecule has 0 unspecified atom stereocenters. The normalized spacial score (nSPS) is 23.6. The van der Waals surface area contributed by atoms with E-state index < -0.39 is 0 Å². The van der Waals surface area contributed by atoms with Gasteiger partial charge in [-0.2, -0.15) is 0 Å². The predicted molar refractivity (Wildman–Crippen MR) is 86.9 cm³/mol. The van der Waals surface area contributed by atoms with Crippen molar-refractivity contribution in [2.24, 2.45) is 11.8 Å². The zero-order chi connectivity index (χ0) is 16.6. The van der Waals surface area contributed by atoms with Crippen LogP contribution in [0, 0.1) is 11.8 Å². The monoisotopic (exact) mass is 332 g/mol. The van der Waals surface area contributed by atoms with Gasteiger partial charge in [-0.25, -0.2) is 0 Å². The molecular weight excluding hydrogens is 316 g/mol. The first kappa shape index (κ1) is 15.7. The maximum atomic E-state index is 12.4. The molecule has 6 heteroatoms. The summed E-state index contributed by atoms with van der Waals surface area (Å²) < 4.78 is 0. The Morgan fingerprint density at radius 1 is 1.30 bits per heavy atom. The number of halogens is 1. The van der Waals surface area contributed by atoms with Gasteiger partial charge in [-0.1, -0.05) is 29.8 Å². The van der Waals surface area contributed by atoms with Crippen molar-refractivity contribution in [2.45, 2.75) is 19.8 Å². The summed E-state index contributed by atoms with van der Waals surface area (Å²) in [4.78, 5) is 37.5. The Hall–Kier alpha value is -2.14. The van der Waals surface area contributed by atoms with Crippen LogP contribution in [0.1, 0.15) is 30.1 Å². The fourth-order valence-corrected chi connectivity index (χ4v) is 3.33. The van der Waals surface area contributed by atoms with E-state index in [1.807, 2.05) is 6.08 Å². The summed E-state index contributed by atoms with van der Waals surface area (Å²) in [5.41, 5.74) is 1.28. The Labute approximate surface area is 139 Å². The van der Waals surface area contributed by atoms with Crippen LogP contribution in [-0.4, -0.2) is 29.2 Å². The quantitative estimate of drug-likeness (QED) is 0.680. The third-order valence-corrected chi connectivity index (χ3v) is 4.68. The summed E-state index contributed by atoms with van der Waals surface area (Å²) >= 11 is 6.00. The number of ketones is 1. The summed E-state index contributed by atoms with van der Waals surface area (Å²) in [6.07, 6.45) is 2.78. The number of carbonyl (C=O) groups is 3. The first-order chi connectivity index (χ1) is 11.0. The Balaban J connectivity index is 1.69. The highest BCUT2D eigenvalue weighted by molar-refractivity contribution is 6.30. The second kappa shape index (κ2) is 6.16. The average Bonchev–Trinajstić information content (AvgIpc) is 2.76. The fourth-order valence-electron chi connectivity index (χ4n) is 3.07. The Morgan fingerprint density at radius 3 is 2.78 bits per heavy atom. The average molecular weight is 333 g/mol. The third-order valence-electron chi connectivity index (χ3n) is 4.37. The number of amides is 2. The van der Waals surface area contributed by atoms with Gasteiger partial charge in [0.15, 0.2) is 5.78 Å². The molecule has 0 bridgehead atoms. The van der Waals surface area contributed by atoms with Crippen molar-refractivity contribution in [3.05, 3.63) is 40.9 Å². The van der Waals surface area contributed by atoms with Crippen LogP contribution in [0.4, 0.5) is 5.69 Å². The Morgan fingerprint density at radius 2 is 2.04 bits per heavy atom. The first-order valence-corrected chi connectivity index (χ1v) is 7.90. The third kappa shape index (κ3) is 3.01. The van der Waals surface area contributed by atoms with Gasteiger partial charge in [-0.05, 0) is 31.9 Å². The smallest absolute Gasteiger partial charge is 0.234 e. The van der Waals surface area contributed by atoms with Crippen molar-refractivity contribution in [3.8, 4) is 0 Å². The largest absolute Gasteiger partial charge is 0.367 e. The van der Waals surface area contributed by atoms with Crippen molar-refractivity contribution in [1.82, 2.24) is 4.90 Å². The highest BCUT2D eigenvalue weighted by Crippen LogP contribution is 2.38. The van der Waals surface area contributed by atoms with Crippen molar-refractivity contribution < 1.29 is 14.4 Å². The van der Waals surface area contributed by atoms with Gasteiger partial charge in [0.2, 0.25) is 11.8 Å². The molecular formula is C17H17ClN2O3. The van der Waals surface area contributed by atoms with E-state index >= 15 is 0 Å². The molecule has 1 saturated heterocycles. The number of anilines is 1. The highest BCUT2D eigenvalue weighted by atomic mass is 35.5. The van der Waals surface area contributed by atoms with Gasteiger partial charge in [-0.3, -0.25) is 19.3 Å². The van der Waals surface area contributed by atoms with Crippen LogP contribution in [0.15, 0.2) is 35.4 Å². The molecule has 0 radical (unpaired) electrons. The summed E-state index contributed by atoms with van der Waals surface area (Å²) in [5.74, 6) is -1.01. The number of likely N-dealkylation sites (tertiary alicyclic amines) is 1. The number of hydrogen-bond donors (Lipinski definition) is 1. The van der Waals surface area contributed by atoms with Crippen molar-refractivity contribution in [3.63, 3.8) is 0 Å². The standard InChI is InChI=1S/C17H17ClN2O3/c1-10(21)11-3-2-4-13(7-11)19-9-20-16(22)14-6-5-12(18)8-15(14)17(20)23/h2-5,7,14-15,19H,6,8-9H2,1H3/t14-,15-/m0/s1. The van der Waals surface area contributed by atoms with E-state index in [1.54, 1.807) is 24.3 Å². The van der Waals surface area contributed by atoms with Gasteiger partial charge < -0.3 is 5.32 Å². The number of nitrogens with one attached hydrogen (secondary N) is 1. The molecule has 1 aliphatic carbocycles. The lowest BCUT2D eigenvalue weighted by molar-refractivity contribution is -0.139. The second-order valence-electron chi connectivity index (χ2n) is 5.88. The fraction of sp³-hybridized carbons (Fsp3) is 0.353. The second-order valence-corrected chi connectivity index (χ2v) is 6.37. The summed E-state index contributed by atoms with van der Waals surface area (Å²) in [7, 11) is 0. The van der Waals surface area contributed by atoms with Gasteiger partial charge >= 0.3 is 0 Å². The number of allylic oxidation sites excluding steroid dienone is 2. The lowest BCUT2D eigenvalue weighted by Crippen LogP contribution is -2.35. The zero-order valence-corrected chi connectivity index (χ0v) is 13.5. The first-order valence-electron chi connectivity index (χ1n) is 7.52. The van der Waals surface area contributed by atoms with Crippen LogP contribution >= 0.6 is 11.6 Å². The summed E-state index contributed by atoms with van der Waals surface area (Å²) in [6, 6.07) is 6.99. The summed E-state index contributed by atoms with van der Waals surface area (Å²) in [6.45, 7) is 1.59. The predicted octanol–water partition coefficient (Wildman–Crippen LogP) is 2.78. The number of nitrogens with zero attached hydrogens (tertiary/aromatic N) is 1. The Kier molecular flexibility index (Phi) is 4.22. The molecule has 0 aromatic heterocycles. The van der Waals surface area contributed by atoms with Crippen LogP contribution < -0.4 is 5.32 Å². The Bertz CT molecular complexity index is 714. The van der Waals surface area contributed by atoms with Crippen molar-refractivity contribution in [2.75, 3.05) is 12.0 Å². The van der Waals surface area contributed by atoms with Crippen molar-refractivity contribution in [1.29, 1.82) is 0 Å². The van der Waals surface area contributed by atoms with Crippen LogP contribution in [0.3, 0.4) is 0 Å². The minimum absolute atomic E-state index is 0.0336. The van der Waals surface area contributed by atoms with E-state index in [0.717, 1.165) is 0 Å². The van der Waals surface area contributed by atoms with E-state index in [1.165, 1.54) is 11.8 Å². The van der Waals surface area contributed by atoms with Crippen LogP contribution in [-0.2, 0) is 9.59 Å². The molecule has 2 atom stereocenters. The molecule has 1 fully saturated rings. The van der Waals surface area contributed by atoms with Crippen LogP contribution in [0.25, 0.3) is 0 Å². The number of Topliss-reactive ketones (excluding diaryl/α,β-unsaturated/α-hetero) is 1. The number of benzene rings is 1. The molecule has 23 heavy (non-hydrogen) atoms. The van der Waals surface area contributed by atoms with Crippen LogP contribution in [0.5, 0.6) is 0 Å². The minimum atomic E-state index is -0.342. The zero-order valence-electron chi connectivity index (χ0n) is 12.7. The van der Waals surface area contributed by atoms with Crippen molar-refractivity contribution >= 4 is 34.9 Å². The van der Waals surface area contributed by atoms with Gasteiger partial charge in [-0.15, -0.1) is 0 Å². The maximum absolute atomic E-state index is 12.4. The number of imide groups is 1. The lowest BCUT2D eigenvalue weighted by Gasteiger charge is -2.17. The van der Waals surface area contributed by atoms with Gasteiger partial charge in [0.05, 0.1) is 18.5 Å². The molecule has 120 valence electrons. The molecule has 1 aromatic rings. The molecule has 2 amide bonds. The van der Waals surface area contributed by atoms with Gasteiger partial charge in [0, 0.05) is 16.3 Å². The molecule has 2 aliphatic rings. The number of hydrogen-bond acceptors (Lipinski definition) is 4. The van der Waals surface area contributed by atoms with E-state index in [2.05, 4.69) is 5.32 Å². The molecule has 1 aliphatic heterocycles. The minimum Gasteiger partial charge on any atom is -0.367 e. The topological polar surface area (TPSA) is 66.5 Å². The van der Waals surface area contributed by atoms with Gasteiger partial charge in [0.1, 0.15) is 0 Å². The maximum Gasteiger partial charge on any atom is 0.234 e. The molecule has 1 heterocycles. The van der Waals surface area contributed by atoms with Gasteiger partial charge in [0.25, 0.3) is 0 Å². The molecule has 1 aromatic carbocycles. The molecule has 5 nitrogen and oxygen atoms in total. The van der Waals surface area contributed by atoms with E-state index in [9.17, 15) is 14.4 Å². The van der Waals surface area contributed by atoms with E-state index in [0.29, 0.717) is 29.1 Å². The van der Waals surface area contributed by atoms with Crippen LogP contribution in [0.2, 0.25) is 0 Å². The number of fused-ring (bicyclic) bond motifs is 1. The number of carbonyl (C=O) groups excluding carboxylic acids is 3. The highest BCUT2D eigenvalue weighted by Gasteiger charge is 2.48. The lowest BCUT2D eigenvalue weighted by atomic mass is 9.85. The molecule has 0 saturated carbocycles. The molecule has 3 rings (SSSR count). The SMILES string of the molecule is CC(=O)c1cccc(NCN2C(=O)[C@H]3CC=C(Cl)C[C@@H]3C2=O)c1. The summed E-state index contributed by atoms with van der Waals surface area (Å²) in [5, 5.41) is 3.70. The van der Waals surface area contributed by atoms with E-state index in [4.69, 9.17) is 11.6 Å². The molecule has 1 N–H and O–H groups in total.